The highest BCUT2D eigenvalue weighted by atomic mass is 15.1. The molecule has 0 amide bonds. The summed E-state index contributed by atoms with van der Waals surface area (Å²) >= 11 is 0. The smallest absolute Gasteiger partial charge is 0.187 e. The van der Waals surface area contributed by atoms with Crippen LogP contribution in [0.3, 0.4) is 0 Å². The van der Waals surface area contributed by atoms with Crippen molar-refractivity contribution in [1.29, 1.82) is 0 Å². The third-order valence-electron chi connectivity index (χ3n) is 4.46. The first-order chi connectivity index (χ1) is 12.0. The van der Waals surface area contributed by atoms with Crippen LogP contribution in [-0.4, -0.2) is 9.55 Å². The molecule has 3 rings (SSSR count). The van der Waals surface area contributed by atoms with Gasteiger partial charge in [0, 0.05) is 18.0 Å². The van der Waals surface area contributed by atoms with E-state index in [1.165, 1.54) is 16.8 Å². The van der Waals surface area contributed by atoms with Crippen molar-refractivity contribution in [3.8, 4) is 17.1 Å². The molecule has 0 saturated carbocycles. The van der Waals surface area contributed by atoms with E-state index in [0.717, 1.165) is 11.4 Å². The van der Waals surface area contributed by atoms with E-state index >= 15 is 0 Å². The zero-order valence-electron chi connectivity index (χ0n) is 15.2. The molecule has 0 aliphatic rings. The Labute approximate surface area is 149 Å². The SMILES string of the molecule is [C-]#[N+]c1cccc(-c2nccn2-c2c(C(C)C)cccc2C(C)C)c1. The summed E-state index contributed by atoms with van der Waals surface area (Å²) in [5.74, 6) is 1.71. The maximum absolute atomic E-state index is 7.26. The van der Waals surface area contributed by atoms with Gasteiger partial charge in [-0.3, -0.25) is 4.57 Å². The van der Waals surface area contributed by atoms with Crippen molar-refractivity contribution in [3.05, 3.63) is 77.4 Å². The molecule has 3 nitrogen and oxygen atoms in total. The van der Waals surface area contributed by atoms with Crippen molar-refractivity contribution in [2.45, 2.75) is 39.5 Å². The molecule has 126 valence electrons. The molecule has 3 aromatic rings. The Morgan fingerprint density at radius 1 is 0.960 bits per heavy atom. The zero-order chi connectivity index (χ0) is 18.0. The van der Waals surface area contributed by atoms with E-state index in [1.54, 1.807) is 0 Å². The summed E-state index contributed by atoms with van der Waals surface area (Å²) in [5.41, 5.74) is 5.44. The fraction of sp³-hybridized carbons (Fsp3) is 0.273. The van der Waals surface area contributed by atoms with Gasteiger partial charge in [-0.15, -0.1) is 0 Å². The van der Waals surface area contributed by atoms with Crippen LogP contribution in [0.1, 0.15) is 50.7 Å². The summed E-state index contributed by atoms with van der Waals surface area (Å²) in [5, 5.41) is 0. The standard InChI is InChI=1S/C22H23N3/c1-15(2)19-10-7-11-20(16(3)4)21(19)25-13-12-24-22(25)17-8-6-9-18(14-17)23-5/h6-16H,1-4H3. The van der Waals surface area contributed by atoms with Gasteiger partial charge in [0.1, 0.15) is 5.82 Å². The lowest BCUT2D eigenvalue weighted by Crippen LogP contribution is -2.07. The molecule has 0 saturated heterocycles. The van der Waals surface area contributed by atoms with Crippen LogP contribution >= 0.6 is 0 Å². The lowest BCUT2D eigenvalue weighted by Gasteiger charge is -2.21. The number of para-hydroxylation sites is 1. The van der Waals surface area contributed by atoms with Crippen molar-refractivity contribution in [3.63, 3.8) is 0 Å². The average Bonchev–Trinajstić information content (AvgIpc) is 3.10. The van der Waals surface area contributed by atoms with Crippen molar-refractivity contribution in [2.75, 3.05) is 0 Å². The van der Waals surface area contributed by atoms with Crippen molar-refractivity contribution in [1.82, 2.24) is 9.55 Å². The van der Waals surface area contributed by atoms with Crippen LogP contribution in [-0.2, 0) is 0 Å². The summed E-state index contributed by atoms with van der Waals surface area (Å²) in [7, 11) is 0. The molecule has 0 N–H and O–H groups in total. The van der Waals surface area contributed by atoms with Gasteiger partial charge < -0.3 is 0 Å². The van der Waals surface area contributed by atoms with Crippen LogP contribution in [0.2, 0.25) is 0 Å². The van der Waals surface area contributed by atoms with Gasteiger partial charge in [-0.05, 0) is 29.0 Å². The third-order valence-corrected chi connectivity index (χ3v) is 4.46. The van der Waals surface area contributed by atoms with Crippen LogP contribution in [0.15, 0.2) is 54.9 Å². The summed E-state index contributed by atoms with van der Waals surface area (Å²) < 4.78 is 2.17. The van der Waals surface area contributed by atoms with Gasteiger partial charge in [-0.2, -0.15) is 0 Å². The Morgan fingerprint density at radius 3 is 2.20 bits per heavy atom. The van der Waals surface area contributed by atoms with Gasteiger partial charge in [0.05, 0.1) is 12.3 Å². The van der Waals surface area contributed by atoms with Crippen molar-refractivity contribution < 1.29 is 0 Å². The van der Waals surface area contributed by atoms with Gasteiger partial charge in [0.15, 0.2) is 5.69 Å². The number of rotatable bonds is 4. The highest BCUT2D eigenvalue weighted by Gasteiger charge is 2.18. The minimum atomic E-state index is 0.415. The summed E-state index contributed by atoms with van der Waals surface area (Å²) in [4.78, 5) is 8.15. The fourth-order valence-electron chi connectivity index (χ4n) is 3.20. The van der Waals surface area contributed by atoms with E-state index < -0.39 is 0 Å². The maximum atomic E-state index is 7.26. The number of hydrogen-bond donors (Lipinski definition) is 0. The Bertz CT molecular complexity index is 900. The Balaban J connectivity index is 2.26. The van der Waals surface area contributed by atoms with Crippen LogP contribution in [0.25, 0.3) is 21.9 Å². The first-order valence-corrected chi connectivity index (χ1v) is 8.67. The maximum Gasteiger partial charge on any atom is 0.187 e. The lowest BCUT2D eigenvalue weighted by molar-refractivity contribution is 0.807. The highest BCUT2D eigenvalue weighted by Crippen LogP contribution is 2.34. The second kappa shape index (κ2) is 6.94. The average molecular weight is 329 g/mol. The molecular formula is C22H23N3. The van der Waals surface area contributed by atoms with Gasteiger partial charge >= 0.3 is 0 Å². The third kappa shape index (κ3) is 3.21. The van der Waals surface area contributed by atoms with Crippen LogP contribution in [0.5, 0.6) is 0 Å². The van der Waals surface area contributed by atoms with Gasteiger partial charge in [0.2, 0.25) is 0 Å². The molecule has 3 heteroatoms. The number of imidazole rings is 1. The number of nitrogens with zero attached hydrogens (tertiary/aromatic N) is 3. The number of hydrogen-bond acceptors (Lipinski definition) is 1. The van der Waals surface area contributed by atoms with E-state index in [0.29, 0.717) is 17.5 Å². The molecule has 2 aromatic carbocycles. The summed E-state index contributed by atoms with van der Waals surface area (Å²) in [6.07, 6.45) is 3.86. The predicted octanol–water partition coefficient (Wildman–Crippen LogP) is 6.34. The van der Waals surface area contributed by atoms with E-state index in [2.05, 4.69) is 60.3 Å². The van der Waals surface area contributed by atoms with Crippen LogP contribution < -0.4 is 0 Å². The molecule has 1 aromatic heterocycles. The van der Waals surface area contributed by atoms with Gasteiger partial charge in [-0.25, -0.2) is 9.83 Å². The molecule has 0 unspecified atom stereocenters. The Kier molecular flexibility index (Phi) is 4.72. The van der Waals surface area contributed by atoms with E-state index in [4.69, 9.17) is 6.57 Å². The van der Waals surface area contributed by atoms with Crippen LogP contribution in [0.4, 0.5) is 5.69 Å². The topological polar surface area (TPSA) is 22.2 Å². The predicted molar refractivity (Wildman–Crippen MR) is 103 cm³/mol. The van der Waals surface area contributed by atoms with Gasteiger partial charge in [-0.1, -0.05) is 64.1 Å². The molecule has 0 bridgehead atoms. The molecule has 1 heterocycles. The second-order valence-corrected chi connectivity index (χ2v) is 6.88. The van der Waals surface area contributed by atoms with Crippen molar-refractivity contribution in [2.24, 2.45) is 0 Å². The van der Waals surface area contributed by atoms with Crippen molar-refractivity contribution >= 4 is 5.69 Å². The fourth-order valence-corrected chi connectivity index (χ4v) is 3.20. The molecule has 0 aliphatic carbocycles. The van der Waals surface area contributed by atoms with E-state index in [1.807, 2.05) is 36.7 Å². The lowest BCUT2D eigenvalue weighted by atomic mass is 9.92. The summed E-state index contributed by atoms with van der Waals surface area (Å²) in [6.45, 7) is 16.1. The summed E-state index contributed by atoms with van der Waals surface area (Å²) in [6, 6.07) is 14.2. The largest absolute Gasteiger partial charge is 0.299 e. The first-order valence-electron chi connectivity index (χ1n) is 8.67. The minimum Gasteiger partial charge on any atom is -0.299 e. The molecule has 0 fully saturated rings. The minimum absolute atomic E-state index is 0.415. The quantitative estimate of drug-likeness (QED) is 0.512. The Hall–Kier alpha value is -2.86. The zero-order valence-corrected chi connectivity index (χ0v) is 15.2. The molecule has 0 atom stereocenters. The number of benzene rings is 2. The highest BCUT2D eigenvalue weighted by molar-refractivity contribution is 5.66. The normalized spacial score (nSPS) is 11.1. The van der Waals surface area contributed by atoms with Gasteiger partial charge in [0.25, 0.3) is 0 Å². The molecule has 0 spiro atoms. The molecular weight excluding hydrogens is 306 g/mol. The Morgan fingerprint density at radius 2 is 1.60 bits per heavy atom. The monoisotopic (exact) mass is 329 g/mol. The van der Waals surface area contributed by atoms with Crippen LogP contribution in [0, 0.1) is 6.57 Å². The van der Waals surface area contributed by atoms with E-state index in [9.17, 15) is 0 Å². The van der Waals surface area contributed by atoms with E-state index in [-0.39, 0.29) is 0 Å². The molecule has 25 heavy (non-hydrogen) atoms. The first kappa shape index (κ1) is 17.0. The second-order valence-electron chi connectivity index (χ2n) is 6.88. The molecule has 0 radical (unpaired) electrons. The molecule has 0 aliphatic heterocycles. The number of aromatic nitrogens is 2.